The maximum absolute atomic E-state index is 13.5. The number of anilines is 1. The lowest BCUT2D eigenvalue weighted by atomic mass is 10.1. The van der Waals surface area contributed by atoms with E-state index < -0.39 is 0 Å². The number of aryl methyl sites for hydroxylation is 1. The maximum atomic E-state index is 13.5. The average Bonchev–Trinajstić information content (AvgIpc) is 3.38. The van der Waals surface area contributed by atoms with Crippen molar-refractivity contribution in [2.45, 2.75) is 26.2 Å². The summed E-state index contributed by atoms with van der Waals surface area (Å²) in [5, 5.41) is 0. The van der Waals surface area contributed by atoms with Crippen LogP contribution in [0.1, 0.15) is 25.5 Å². The Morgan fingerprint density at radius 1 is 0.949 bits per heavy atom. The van der Waals surface area contributed by atoms with Crippen molar-refractivity contribution in [1.82, 2.24) is 19.9 Å². The highest BCUT2D eigenvalue weighted by atomic mass is 19.1. The number of carbonyl (C=O) groups excluding carboxylic acids is 1. The number of pyridine rings is 1. The molecule has 4 aromatic rings. The first-order valence-electron chi connectivity index (χ1n) is 13.2. The number of hydrogen-bond acceptors (Lipinski definition) is 5. The van der Waals surface area contributed by atoms with Gasteiger partial charge in [-0.3, -0.25) is 4.79 Å². The Morgan fingerprint density at radius 3 is 2.28 bits per heavy atom. The van der Waals surface area contributed by atoms with Crippen LogP contribution in [0, 0.1) is 11.6 Å². The second-order valence-electron chi connectivity index (χ2n) is 9.43. The zero-order valence-corrected chi connectivity index (χ0v) is 21.9. The van der Waals surface area contributed by atoms with Gasteiger partial charge in [-0.2, -0.15) is 0 Å². The minimum atomic E-state index is -0.321. The molecule has 202 valence electrons. The van der Waals surface area contributed by atoms with Crippen LogP contribution >= 0.6 is 0 Å². The van der Waals surface area contributed by atoms with Crippen LogP contribution in [-0.4, -0.2) is 58.5 Å². The number of carbonyl (C=O) groups is 1. The molecule has 1 fully saturated rings. The first-order valence-corrected chi connectivity index (χ1v) is 13.2. The van der Waals surface area contributed by atoms with Gasteiger partial charge in [0, 0.05) is 61.7 Å². The molecule has 39 heavy (non-hydrogen) atoms. The second kappa shape index (κ2) is 12.1. The van der Waals surface area contributed by atoms with E-state index in [9.17, 15) is 13.6 Å². The smallest absolute Gasteiger partial charge is 0.222 e. The first kappa shape index (κ1) is 26.3. The monoisotopic (exact) mass is 531 g/mol. The molecular weight excluding hydrogens is 500 g/mol. The van der Waals surface area contributed by atoms with E-state index in [4.69, 9.17) is 9.72 Å². The minimum Gasteiger partial charge on any atom is -0.494 e. The van der Waals surface area contributed by atoms with Gasteiger partial charge in [0.15, 0.2) is 0 Å². The normalized spacial score (nSPS) is 13.5. The summed E-state index contributed by atoms with van der Waals surface area (Å²) in [6.07, 6.45) is 3.39. The van der Waals surface area contributed by atoms with Crippen LogP contribution in [0.4, 0.5) is 14.6 Å². The zero-order chi connectivity index (χ0) is 27.2. The molecule has 0 unspecified atom stereocenters. The molecule has 0 aliphatic carbocycles. The Bertz CT molecular complexity index is 1400. The molecule has 1 amide bonds. The van der Waals surface area contributed by atoms with Crippen molar-refractivity contribution in [3.8, 4) is 28.4 Å². The molecular formula is C30H31F2N5O2. The van der Waals surface area contributed by atoms with E-state index >= 15 is 0 Å². The molecule has 3 heterocycles. The summed E-state index contributed by atoms with van der Waals surface area (Å²) >= 11 is 0. The number of amides is 1. The van der Waals surface area contributed by atoms with Gasteiger partial charge in [-0.25, -0.2) is 18.7 Å². The molecule has 0 bridgehead atoms. The van der Waals surface area contributed by atoms with E-state index in [1.54, 1.807) is 30.5 Å². The third kappa shape index (κ3) is 6.42. The summed E-state index contributed by atoms with van der Waals surface area (Å²) in [6, 6.07) is 16.1. The highest BCUT2D eigenvalue weighted by Gasteiger charge is 2.22. The summed E-state index contributed by atoms with van der Waals surface area (Å²) in [4.78, 5) is 29.6. The molecule has 1 N–H and O–H groups in total. The number of rotatable bonds is 9. The predicted octanol–water partition coefficient (Wildman–Crippen LogP) is 5.49. The van der Waals surface area contributed by atoms with E-state index in [1.807, 2.05) is 24.0 Å². The van der Waals surface area contributed by atoms with Crippen molar-refractivity contribution in [3.05, 3.63) is 84.2 Å². The fraction of sp³-hybridized carbons (Fsp3) is 0.300. The van der Waals surface area contributed by atoms with Gasteiger partial charge in [-0.15, -0.1) is 0 Å². The minimum absolute atomic E-state index is 0.118. The number of imidazole rings is 1. The van der Waals surface area contributed by atoms with E-state index in [1.165, 1.54) is 24.3 Å². The number of hydrogen-bond donors (Lipinski definition) is 1. The summed E-state index contributed by atoms with van der Waals surface area (Å²) < 4.78 is 32.5. The first-order chi connectivity index (χ1) is 19.0. The van der Waals surface area contributed by atoms with E-state index in [-0.39, 0.29) is 17.5 Å². The molecule has 9 heteroatoms. The lowest BCUT2D eigenvalue weighted by Crippen LogP contribution is -2.49. The van der Waals surface area contributed by atoms with Gasteiger partial charge in [-0.05, 0) is 74.4 Å². The van der Waals surface area contributed by atoms with Crippen molar-refractivity contribution in [2.75, 3.05) is 37.7 Å². The van der Waals surface area contributed by atoms with Gasteiger partial charge < -0.3 is 19.5 Å². The molecule has 0 atom stereocenters. The zero-order valence-electron chi connectivity index (χ0n) is 21.9. The van der Waals surface area contributed by atoms with Gasteiger partial charge in [0.2, 0.25) is 5.91 Å². The van der Waals surface area contributed by atoms with Crippen LogP contribution in [0.25, 0.3) is 22.6 Å². The number of aromatic amines is 1. The van der Waals surface area contributed by atoms with Crippen LogP contribution in [-0.2, 0) is 11.2 Å². The highest BCUT2D eigenvalue weighted by molar-refractivity contribution is 5.76. The molecule has 1 aliphatic rings. The molecule has 1 saturated heterocycles. The number of piperazine rings is 1. The average molecular weight is 532 g/mol. The fourth-order valence-corrected chi connectivity index (χ4v) is 4.77. The van der Waals surface area contributed by atoms with Crippen LogP contribution in [0.15, 0.2) is 66.9 Å². The standard InChI is InChI=1S/C30H31F2N5O2/c1-2-39-25-14-15-33-27(20-25)36-16-18-37(19-17-36)28(38)5-3-4-26-29(21-6-10-23(31)11-7-21)35-30(34-26)22-8-12-24(32)13-9-22/h6-15,20H,2-5,16-19H2,1H3,(H,34,35). The summed E-state index contributed by atoms with van der Waals surface area (Å²) in [7, 11) is 0. The molecule has 7 nitrogen and oxygen atoms in total. The third-order valence-corrected chi connectivity index (χ3v) is 6.82. The molecule has 0 spiro atoms. The Kier molecular flexibility index (Phi) is 8.15. The van der Waals surface area contributed by atoms with Gasteiger partial charge in [0.1, 0.15) is 29.0 Å². The number of halogens is 2. The number of aromatic nitrogens is 3. The molecule has 2 aromatic carbocycles. The number of nitrogens with zero attached hydrogens (tertiary/aromatic N) is 4. The van der Waals surface area contributed by atoms with E-state index in [0.29, 0.717) is 63.6 Å². The van der Waals surface area contributed by atoms with Gasteiger partial charge in [0.05, 0.1) is 12.3 Å². The van der Waals surface area contributed by atoms with Gasteiger partial charge in [-0.1, -0.05) is 0 Å². The Hall–Kier alpha value is -4.27. The molecule has 1 aliphatic heterocycles. The fourth-order valence-electron chi connectivity index (χ4n) is 4.77. The van der Waals surface area contributed by atoms with E-state index in [0.717, 1.165) is 28.4 Å². The Balaban J connectivity index is 1.20. The molecule has 5 rings (SSSR count). The number of H-pyrrole nitrogens is 1. The van der Waals surface area contributed by atoms with Crippen molar-refractivity contribution in [2.24, 2.45) is 0 Å². The van der Waals surface area contributed by atoms with Crippen molar-refractivity contribution in [1.29, 1.82) is 0 Å². The highest BCUT2D eigenvalue weighted by Crippen LogP contribution is 2.28. The van der Waals surface area contributed by atoms with Crippen LogP contribution in [0.3, 0.4) is 0 Å². The van der Waals surface area contributed by atoms with Gasteiger partial charge in [0.25, 0.3) is 0 Å². The van der Waals surface area contributed by atoms with Crippen LogP contribution in [0.2, 0.25) is 0 Å². The van der Waals surface area contributed by atoms with Crippen LogP contribution < -0.4 is 9.64 Å². The lowest BCUT2D eigenvalue weighted by Gasteiger charge is -2.35. The molecule has 0 saturated carbocycles. The predicted molar refractivity (Wildman–Crippen MR) is 147 cm³/mol. The van der Waals surface area contributed by atoms with Crippen molar-refractivity contribution in [3.63, 3.8) is 0 Å². The topological polar surface area (TPSA) is 74.3 Å². The number of nitrogens with one attached hydrogen (secondary N) is 1. The third-order valence-electron chi connectivity index (χ3n) is 6.82. The molecule has 2 aromatic heterocycles. The van der Waals surface area contributed by atoms with Crippen molar-refractivity contribution < 1.29 is 18.3 Å². The van der Waals surface area contributed by atoms with Crippen molar-refractivity contribution >= 4 is 11.7 Å². The largest absolute Gasteiger partial charge is 0.494 e. The number of benzene rings is 2. The second-order valence-corrected chi connectivity index (χ2v) is 9.43. The quantitative estimate of drug-likeness (QED) is 0.309. The number of ether oxygens (including phenoxy) is 1. The van der Waals surface area contributed by atoms with E-state index in [2.05, 4.69) is 14.9 Å². The summed E-state index contributed by atoms with van der Waals surface area (Å²) in [5.74, 6) is 1.73. The Morgan fingerprint density at radius 2 is 1.62 bits per heavy atom. The molecule has 0 radical (unpaired) electrons. The van der Waals surface area contributed by atoms with Gasteiger partial charge >= 0.3 is 0 Å². The SMILES string of the molecule is CCOc1ccnc(N2CCN(C(=O)CCCc3[nH]c(-c4ccc(F)cc4)nc3-c3ccc(F)cc3)CC2)c1. The maximum Gasteiger partial charge on any atom is 0.222 e. The van der Waals surface area contributed by atoms with Crippen LogP contribution in [0.5, 0.6) is 5.75 Å². The lowest BCUT2D eigenvalue weighted by molar-refractivity contribution is -0.131. The summed E-state index contributed by atoms with van der Waals surface area (Å²) in [6.45, 7) is 5.25. The summed E-state index contributed by atoms with van der Waals surface area (Å²) in [5.41, 5.74) is 3.10. The Labute approximate surface area is 226 Å².